The molecule has 2 aliphatic rings. The molecule has 2 aliphatic carbocycles. The fraction of sp³-hybridized carbons (Fsp3) is 0.394. The molecule has 6 rings (SSSR count). The Bertz CT molecular complexity index is 1670. The number of anilines is 4. The summed E-state index contributed by atoms with van der Waals surface area (Å²) in [6, 6.07) is 11.8. The molecule has 0 unspecified atom stereocenters. The molecule has 15 heteroatoms. The Labute approximate surface area is 304 Å². The topological polar surface area (TPSA) is 168 Å². The Morgan fingerprint density at radius 2 is 1.17 bits per heavy atom. The van der Waals surface area contributed by atoms with Crippen LogP contribution in [-0.2, 0) is 0 Å². The standard InChI is InChI=1S/C17H21ClN4OS.C16H18Cl2N4OS/c1-10-8-11(18)2-7-14(10)24-15-9-20-17(19)22-16(15)21-12-3-5-13(23)6-4-12;17-11-2-1-3-12(18)14(11)24-13-8-20-16(19)22-15(13)21-9-4-6-10(23)7-5-9/h2,7-9,12-13,23H,3-6H2,1H3,(H3,19,20,21,22);1-3,8-10,23H,4-7H2,(H3,19,20,21,22)/t12-,13-;9-,10-. The highest BCUT2D eigenvalue weighted by molar-refractivity contribution is 8.00. The first-order chi connectivity index (χ1) is 23.0. The SMILES string of the molecule is Cc1cc(Cl)ccc1Sc1cnc(N)nc1N[C@H]1CC[C@H](O)CC1.Nc1ncc(Sc2c(Cl)cccc2Cl)c(N[C@H]2CC[C@H](O)CC2)n1. The molecule has 0 bridgehead atoms. The number of nitrogen functional groups attached to an aromatic ring is 2. The van der Waals surface area contributed by atoms with Crippen LogP contribution in [0.2, 0.25) is 15.1 Å². The fourth-order valence-corrected chi connectivity index (χ4v) is 8.10. The predicted octanol–water partition coefficient (Wildman–Crippen LogP) is 8.12. The van der Waals surface area contributed by atoms with Crippen molar-refractivity contribution in [1.82, 2.24) is 19.9 Å². The Kier molecular flexibility index (Phi) is 13.2. The number of aromatic nitrogens is 4. The number of rotatable bonds is 8. The van der Waals surface area contributed by atoms with Crippen LogP contribution in [0.1, 0.15) is 56.9 Å². The molecule has 2 saturated carbocycles. The molecule has 256 valence electrons. The number of aliphatic hydroxyl groups is 2. The van der Waals surface area contributed by atoms with Gasteiger partial charge in [-0.2, -0.15) is 9.97 Å². The Morgan fingerprint density at radius 3 is 1.65 bits per heavy atom. The monoisotopic (exact) mass is 748 g/mol. The van der Waals surface area contributed by atoms with Gasteiger partial charge in [0.2, 0.25) is 11.9 Å². The summed E-state index contributed by atoms with van der Waals surface area (Å²) in [6.07, 6.45) is 9.89. The van der Waals surface area contributed by atoms with Crippen molar-refractivity contribution in [2.75, 3.05) is 22.1 Å². The first-order valence-electron chi connectivity index (χ1n) is 15.7. The Morgan fingerprint density at radius 1 is 0.688 bits per heavy atom. The second-order valence-electron chi connectivity index (χ2n) is 11.8. The summed E-state index contributed by atoms with van der Waals surface area (Å²) < 4.78 is 0. The van der Waals surface area contributed by atoms with E-state index in [-0.39, 0.29) is 30.1 Å². The summed E-state index contributed by atoms with van der Waals surface area (Å²) in [5.41, 5.74) is 12.6. The van der Waals surface area contributed by atoms with Crippen LogP contribution in [0.4, 0.5) is 23.5 Å². The van der Waals surface area contributed by atoms with Crippen LogP contribution in [0.15, 0.2) is 68.4 Å². The molecular formula is C33H39Cl3N8O2S2. The van der Waals surface area contributed by atoms with Gasteiger partial charge in [-0.15, -0.1) is 0 Å². The Hall–Kier alpha value is -2.71. The molecule has 0 radical (unpaired) electrons. The van der Waals surface area contributed by atoms with Gasteiger partial charge in [0.25, 0.3) is 0 Å². The lowest BCUT2D eigenvalue weighted by molar-refractivity contribution is 0.125. The Balaban J connectivity index is 0.000000188. The van der Waals surface area contributed by atoms with E-state index in [9.17, 15) is 10.2 Å². The molecule has 2 fully saturated rings. The lowest BCUT2D eigenvalue weighted by Gasteiger charge is -2.27. The number of hydrogen-bond donors (Lipinski definition) is 6. The van der Waals surface area contributed by atoms with Crippen LogP contribution in [0.5, 0.6) is 0 Å². The van der Waals surface area contributed by atoms with Crippen molar-refractivity contribution < 1.29 is 10.2 Å². The average Bonchev–Trinajstić information content (AvgIpc) is 3.05. The molecular weight excluding hydrogens is 711 g/mol. The zero-order valence-corrected chi connectivity index (χ0v) is 30.3. The van der Waals surface area contributed by atoms with Crippen molar-refractivity contribution in [1.29, 1.82) is 0 Å². The highest BCUT2D eigenvalue weighted by atomic mass is 35.5. The zero-order valence-electron chi connectivity index (χ0n) is 26.4. The van der Waals surface area contributed by atoms with E-state index in [4.69, 9.17) is 46.3 Å². The quantitative estimate of drug-likeness (QED) is 0.103. The van der Waals surface area contributed by atoms with Crippen LogP contribution in [-0.4, -0.2) is 54.4 Å². The normalized spacial score (nSPS) is 20.8. The average molecular weight is 750 g/mol. The van der Waals surface area contributed by atoms with Crippen molar-refractivity contribution >= 4 is 81.9 Å². The van der Waals surface area contributed by atoms with Crippen molar-refractivity contribution in [2.24, 2.45) is 0 Å². The number of nitrogens with zero attached hydrogens (tertiary/aromatic N) is 4. The minimum atomic E-state index is -0.200. The first kappa shape index (κ1) is 36.6. The molecule has 48 heavy (non-hydrogen) atoms. The second-order valence-corrected chi connectivity index (χ2v) is 15.2. The number of benzene rings is 2. The third kappa shape index (κ3) is 10.4. The minimum Gasteiger partial charge on any atom is -0.393 e. The van der Waals surface area contributed by atoms with E-state index in [2.05, 4.69) is 30.6 Å². The summed E-state index contributed by atoms with van der Waals surface area (Å²) >= 11 is 21.5. The maximum absolute atomic E-state index is 9.65. The van der Waals surface area contributed by atoms with Crippen LogP contribution in [0.25, 0.3) is 0 Å². The van der Waals surface area contributed by atoms with Gasteiger partial charge in [0.05, 0.1) is 32.0 Å². The molecule has 8 N–H and O–H groups in total. The molecule has 2 aromatic carbocycles. The van der Waals surface area contributed by atoms with Crippen LogP contribution in [0.3, 0.4) is 0 Å². The summed E-state index contributed by atoms with van der Waals surface area (Å²) in [5.74, 6) is 1.89. The molecule has 0 aliphatic heterocycles. The lowest BCUT2D eigenvalue weighted by Crippen LogP contribution is -2.28. The summed E-state index contributed by atoms with van der Waals surface area (Å²) in [6.45, 7) is 2.03. The summed E-state index contributed by atoms with van der Waals surface area (Å²) in [4.78, 5) is 20.5. The molecule has 4 aromatic rings. The summed E-state index contributed by atoms with van der Waals surface area (Å²) in [7, 11) is 0. The van der Waals surface area contributed by atoms with Crippen LogP contribution >= 0.6 is 58.3 Å². The third-order valence-corrected chi connectivity index (χ3v) is 11.6. The molecule has 0 atom stereocenters. The van der Waals surface area contributed by atoms with E-state index in [1.165, 1.54) is 11.8 Å². The van der Waals surface area contributed by atoms with Crippen molar-refractivity contribution in [3.63, 3.8) is 0 Å². The molecule has 0 saturated heterocycles. The van der Waals surface area contributed by atoms with E-state index in [1.54, 1.807) is 42.4 Å². The number of nitrogens with one attached hydrogen (secondary N) is 2. The highest BCUT2D eigenvalue weighted by Gasteiger charge is 2.23. The third-order valence-electron chi connectivity index (χ3n) is 8.11. The van der Waals surface area contributed by atoms with Gasteiger partial charge < -0.3 is 32.3 Å². The van der Waals surface area contributed by atoms with Crippen molar-refractivity contribution in [3.05, 3.63) is 69.4 Å². The van der Waals surface area contributed by atoms with Crippen molar-refractivity contribution in [2.45, 2.75) is 102 Å². The van der Waals surface area contributed by atoms with E-state index in [0.29, 0.717) is 21.9 Å². The van der Waals surface area contributed by atoms with Crippen LogP contribution < -0.4 is 22.1 Å². The van der Waals surface area contributed by atoms with Gasteiger partial charge in [-0.05, 0) is 94.2 Å². The number of aliphatic hydroxyl groups excluding tert-OH is 2. The van der Waals surface area contributed by atoms with E-state index in [0.717, 1.165) is 87.4 Å². The first-order valence-corrected chi connectivity index (χ1v) is 18.5. The van der Waals surface area contributed by atoms with Gasteiger partial charge in [-0.3, -0.25) is 0 Å². The van der Waals surface area contributed by atoms with E-state index >= 15 is 0 Å². The van der Waals surface area contributed by atoms with Gasteiger partial charge in [-0.1, -0.05) is 64.4 Å². The molecule has 2 heterocycles. The highest BCUT2D eigenvalue weighted by Crippen LogP contribution is 2.41. The maximum atomic E-state index is 9.65. The maximum Gasteiger partial charge on any atom is 0.221 e. The van der Waals surface area contributed by atoms with Gasteiger partial charge in [0, 0.05) is 39.3 Å². The molecule has 2 aromatic heterocycles. The summed E-state index contributed by atoms with van der Waals surface area (Å²) in [5, 5.41) is 28.1. The predicted molar refractivity (Wildman–Crippen MR) is 198 cm³/mol. The van der Waals surface area contributed by atoms with Crippen LogP contribution in [0, 0.1) is 6.92 Å². The van der Waals surface area contributed by atoms with Gasteiger partial charge in [-0.25, -0.2) is 9.97 Å². The van der Waals surface area contributed by atoms with Crippen molar-refractivity contribution in [3.8, 4) is 0 Å². The number of nitrogens with two attached hydrogens (primary N) is 2. The zero-order chi connectivity index (χ0) is 34.2. The second kappa shape index (κ2) is 17.3. The molecule has 0 amide bonds. The molecule has 0 spiro atoms. The van der Waals surface area contributed by atoms with Gasteiger partial charge in [0.1, 0.15) is 11.6 Å². The lowest BCUT2D eigenvalue weighted by atomic mass is 9.93. The van der Waals surface area contributed by atoms with Gasteiger partial charge in [0.15, 0.2) is 0 Å². The van der Waals surface area contributed by atoms with E-state index < -0.39 is 0 Å². The fourth-order valence-electron chi connectivity index (χ4n) is 5.49. The number of hydrogen-bond acceptors (Lipinski definition) is 12. The number of halogens is 3. The molecule has 10 nitrogen and oxygen atoms in total. The van der Waals surface area contributed by atoms with Gasteiger partial charge >= 0.3 is 0 Å². The minimum absolute atomic E-state index is 0.177. The largest absolute Gasteiger partial charge is 0.393 e. The van der Waals surface area contributed by atoms with E-state index in [1.807, 2.05) is 25.1 Å². The number of aryl methyl sites for hydroxylation is 1. The smallest absolute Gasteiger partial charge is 0.221 e.